The van der Waals surface area contributed by atoms with Crippen LogP contribution >= 0.6 is 0 Å². The summed E-state index contributed by atoms with van der Waals surface area (Å²) in [6.45, 7) is 0.154. The lowest BCUT2D eigenvalue weighted by Gasteiger charge is -2.09. The zero-order valence-corrected chi connectivity index (χ0v) is 11.3. The van der Waals surface area contributed by atoms with Crippen molar-refractivity contribution in [3.63, 3.8) is 0 Å². The largest absolute Gasteiger partial charge is 0.487 e. The maximum Gasteiger partial charge on any atom is 0.416 e. The summed E-state index contributed by atoms with van der Waals surface area (Å²) in [4.78, 5) is 4.19. The van der Waals surface area contributed by atoms with E-state index >= 15 is 0 Å². The van der Waals surface area contributed by atoms with E-state index in [-0.39, 0.29) is 6.61 Å². The number of fused-ring (bicyclic) bond motifs is 1. The first-order chi connectivity index (χ1) is 10.4. The van der Waals surface area contributed by atoms with Crippen molar-refractivity contribution < 1.29 is 17.9 Å². The smallest absolute Gasteiger partial charge is 0.416 e. The molecule has 0 unspecified atom stereocenters. The van der Waals surface area contributed by atoms with Crippen molar-refractivity contribution in [1.29, 1.82) is 0 Å². The van der Waals surface area contributed by atoms with Crippen molar-refractivity contribution in [2.24, 2.45) is 0 Å². The number of nitrogens with zero attached hydrogens (tertiary/aromatic N) is 2. The molecule has 0 bridgehead atoms. The van der Waals surface area contributed by atoms with E-state index < -0.39 is 11.7 Å². The predicted molar refractivity (Wildman–Crippen MR) is 75.4 cm³/mol. The highest BCUT2D eigenvalue weighted by molar-refractivity contribution is 5.49. The molecule has 2 heterocycles. The summed E-state index contributed by atoms with van der Waals surface area (Å²) < 4.78 is 44.7. The minimum atomic E-state index is -4.35. The Kier molecular flexibility index (Phi) is 3.40. The Labute approximate surface area is 124 Å². The van der Waals surface area contributed by atoms with Crippen LogP contribution in [0.3, 0.4) is 0 Å². The summed E-state index contributed by atoms with van der Waals surface area (Å²) >= 11 is 0. The fraction of sp³-hybridized carbons (Fsp3) is 0.133. The molecule has 0 aliphatic carbocycles. The zero-order chi connectivity index (χ0) is 15.7. The fourth-order valence-electron chi connectivity index (χ4n) is 2.13. The molecule has 114 valence electrons. The number of rotatable bonds is 3. The van der Waals surface area contributed by atoms with Crippen LogP contribution in [0.4, 0.5) is 19.0 Å². The SMILES string of the molecule is Nc1cccc2ncc(COc3ccc(C(F)(F)F)cc3)n12. The molecule has 1 aromatic carbocycles. The van der Waals surface area contributed by atoms with E-state index in [1.54, 1.807) is 28.8 Å². The lowest BCUT2D eigenvalue weighted by Crippen LogP contribution is -2.05. The first-order valence-corrected chi connectivity index (χ1v) is 6.46. The molecule has 0 fully saturated rings. The van der Waals surface area contributed by atoms with Gasteiger partial charge in [-0.3, -0.25) is 4.40 Å². The number of nitrogens with two attached hydrogens (primary N) is 1. The molecule has 0 aliphatic rings. The number of nitrogen functional groups attached to an aromatic ring is 1. The second-order valence-corrected chi connectivity index (χ2v) is 4.70. The van der Waals surface area contributed by atoms with Gasteiger partial charge < -0.3 is 10.5 Å². The van der Waals surface area contributed by atoms with Crippen molar-refractivity contribution in [2.75, 3.05) is 5.73 Å². The molecule has 2 aromatic heterocycles. The van der Waals surface area contributed by atoms with Gasteiger partial charge in [0, 0.05) is 0 Å². The van der Waals surface area contributed by atoms with E-state index in [4.69, 9.17) is 10.5 Å². The molecule has 3 aromatic rings. The number of aromatic nitrogens is 2. The van der Waals surface area contributed by atoms with Crippen LogP contribution in [0, 0.1) is 0 Å². The molecule has 7 heteroatoms. The molecule has 0 atom stereocenters. The van der Waals surface area contributed by atoms with Crippen molar-refractivity contribution in [3.8, 4) is 5.75 Å². The number of anilines is 1. The number of alkyl halides is 3. The third-order valence-corrected chi connectivity index (χ3v) is 3.20. The van der Waals surface area contributed by atoms with E-state index in [0.717, 1.165) is 12.1 Å². The van der Waals surface area contributed by atoms with Gasteiger partial charge in [0.2, 0.25) is 0 Å². The lowest BCUT2D eigenvalue weighted by atomic mass is 10.2. The maximum atomic E-state index is 12.5. The Bertz CT molecular complexity index is 794. The summed E-state index contributed by atoms with van der Waals surface area (Å²) in [5.41, 5.74) is 6.57. The number of hydrogen-bond donors (Lipinski definition) is 1. The monoisotopic (exact) mass is 307 g/mol. The summed E-state index contributed by atoms with van der Waals surface area (Å²) in [5.74, 6) is 0.860. The Morgan fingerprint density at radius 1 is 1.09 bits per heavy atom. The summed E-state index contributed by atoms with van der Waals surface area (Å²) in [6.07, 6.45) is -2.73. The minimum absolute atomic E-state index is 0.154. The van der Waals surface area contributed by atoms with Gasteiger partial charge >= 0.3 is 6.18 Å². The number of imidazole rings is 1. The average Bonchev–Trinajstić information content (AvgIpc) is 2.89. The van der Waals surface area contributed by atoms with E-state index in [1.165, 1.54) is 12.1 Å². The van der Waals surface area contributed by atoms with Crippen LogP contribution in [0.5, 0.6) is 5.75 Å². The van der Waals surface area contributed by atoms with Crippen LogP contribution in [0.15, 0.2) is 48.7 Å². The van der Waals surface area contributed by atoms with Gasteiger partial charge in [0.25, 0.3) is 0 Å². The van der Waals surface area contributed by atoms with Crippen LogP contribution in [0.25, 0.3) is 5.65 Å². The van der Waals surface area contributed by atoms with Crippen molar-refractivity contribution in [2.45, 2.75) is 12.8 Å². The van der Waals surface area contributed by atoms with E-state index in [0.29, 0.717) is 22.9 Å². The van der Waals surface area contributed by atoms with Gasteiger partial charge in [-0.15, -0.1) is 0 Å². The molecule has 0 amide bonds. The number of hydrogen-bond acceptors (Lipinski definition) is 3. The molecule has 0 radical (unpaired) electrons. The first-order valence-electron chi connectivity index (χ1n) is 6.46. The van der Waals surface area contributed by atoms with Crippen LogP contribution in [-0.2, 0) is 12.8 Å². The molecule has 4 nitrogen and oxygen atoms in total. The Balaban J connectivity index is 1.77. The van der Waals surface area contributed by atoms with Gasteiger partial charge in [0.1, 0.15) is 23.8 Å². The number of ether oxygens (including phenoxy) is 1. The maximum absolute atomic E-state index is 12.5. The highest BCUT2D eigenvalue weighted by Gasteiger charge is 2.30. The molecule has 0 spiro atoms. The van der Waals surface area contributed by atoms with Crippen molar-refractivity contribution in [1.82, 2.24) is 9.38 Å². The molecule has 0 saturated carbocycles. The molecular weight excluding hydrogens is 295 g/mol. The molecule has 0 aliphatic heterocycles. The lowest BCUT2D eigenvalue weighted by molar-refractivity contribution is -0.137. The van der Waals surface area contributed by atoms with Crippen molar-refractivity contribution >= 4 is 11.5 Å². The molecular formula is C15H12F3N3O. The van der Waals surface area contributed by atoms with E-state index in [9.17, 15) is 13.2 Å². The Morgan fingerprint density at radius 2 is 1.82 bits per heavy atom. The summed E-state index contributed by atoms with van der Waals surface area (Å²) in [6, 6.07) is 9.87. The number of pyridine rings is 1. The normalized spacial score (nSPS) is 11.8. The van der Waals surface area contributed by atoms with Gasteiger partial charge in [-0.25, -0.2) is 4.98 Å². The number of halogens is 3. The van der Waals surface area contributed by atoms with Gasteiger partial charge in [-0.2, -0.15) is 13.2 Å². The molecule has 2 N–H and O–H groups in total. The predicted octanol–water partition coefficient (Wildman–Crippen LogP) is 3.51. The Morgan fingerprint density at radius 3 is 2.50 bits per heavy atom. The summed E-state index contributed by atoms with van der Waals surface area (Å²) in [5, 5.41) is 0. The third-order valence-electron chi connectivity index (χ3n) is 3.20. The molecule has 0 saturated heterocycles. The Hall–Kier alpha value is -2.70. The topological polar surface area (TPSA) is 52.5 Å². The molecule has 3 rings (SSSR count). The fourth-order valence-corrected chi connectivity index (χ4v) is 2.13. The van der Waals surface area contributed by atoms with Crippen LogP contribution in [0.2, 0.25) is 0 Å². The highest BCUT2D eigenvalue weighted by Crippen LogP contribution is 2.30. The third kappa shape index (κ3) is 2.69. The second kappa shape index (κ2) is 5.25. The van der Waals surface area contributed by atoms with E-state index in [2.05, 4.69) is 4.98 Å². The van der Waals surface area contributed by atoms with Crippen LogP contribution < -0.4 is 10.5 Å². The minimum Gasteiger partial charge on any atom is -0.487 e. The van der Waals surface area contributed by atoms with Gasteiger partial charge in [-0.1, -0.05) is 6.07 Å². The molecule has 22 heavy (non-hydrogen) atoms. The van der Waals surface area contributed by atoms with Gasteiger partial charge in [0.15, 0.2) is 0 Å². The standard InChI is InChI=1S/C15H12F3N3O/c16-15(17,18)10-4-6-12(7-5-10)22-9-11-8-20-14-3-1-2-13(19)21(11)14/h1-8H,9,19H2. The quantitative estimate of drug-likeness (QED) is 0.805. The van der Waals surface area contributed by atoms with Gasteiger partial charge in [-0.05, 0) is 36.4 Å². The van der Waals surface area contributed by atoms with Crippen LogP contribution in [-0.4, -0.2) is 9.38 Å². The van der Waals surface area contributed by atoms with Crippen LogP contribution in [0.1, 0.15) is 11.3 Å². The summed E-state index contributed by atoms with van der Waals surface area (Å²) in [7, 11) is 0. The second-order valence-electron chi connectivity index (χ2n) is 4.70. The van der Waals surface area contributed by atoms with E-state index in [1.807, 2.05) is 0 Å². The van der Waals surface area contributed by atoms with Crippen molar-refractivity contribution in [3.05, 3.63) is 59.9 Å². The average molecular weight is 307 g/mol. The highest BCUT2D eigenvalue weighted by atomic mass is 19.4. The van der Waals surface area contributed by atoms with Gasteiger partial charge in [0.05, 0.1) is 17.5 Å². The number of benzene rings is 1. The zero-order valence-electron chi connectivity index (χ0n) is 11.3. The first kappa shape index (κ1) is 14.2.